The molecule has 2 heteroatoms. The third kappa shape index (κ3) is 1.97. The summed E-state index contributed by atoms with van der Waals surface area (Å²) >= 11 is 0. The van der Waals surface area contributed by atoms with Crippen molar-refractivity contribution in [1.82, 2.24) is 5.32 Å². The van der Waals surface area contributed by atoms with E-state index in [1.165, 1.54) is 17.5 Å². The van der Waals surface area contributed by atoms with Crippen LogP contribution in [0, 0.1) is 12.8 Å². The van der Waals surface area contributed by atoms with Crippen LogP contribution in [0.5, 0.6) is 0 Å². The van der Waals surface area contributed by atoms with Crippen LogP contribution in [-0.2, 0) is 0 Å². The van der Waals surface area contributed by atoms with Crippen molar-refractivity contribution in [2.45, 2.75) is 25.3 Å². The van der Waals surface area contributed by atoms with Crippen LogP contribution < -0.4 is 5.32 Å². The van der Waals surface area contributed by atoms with Crippen molar-refractivity contribution in [3.63, 3.8) is 0 Å². The summed E-state index contributed by atoms with van der Waals surface area (Å²) in [4.78, 5) is 0. The summed E-state index contributed by atoms with van der Waals surface area (Å²) in [5, 5.41) is 3.45. The molecule has 0 aliphatic heterocycles. The molecule has 1 N–H and O–H groups in total. The second-order valence-electron chi connectivity index (χ2n) is 5.12. The van der Waals surface area contributed by atoms with Gasteiger partial charge in [-0.15, -0.1) is 0 Å². The molecule has 0 spiro atoms. The van der Waals surface area contributed by atoms with Gasteiger partial charge in [0.15, 0.2) is 0 Å². The maximum atomic E-state index is 5.43. The van der Waals surface area contributed by atoms with Gasteiger partial charge >= 0.3 is 0 Å². The quantitative estimate of drug-likeness (QED) is 0.883. The predicted molar refractivity (Wildman–Crippen MR) is 72.5 cm³/mol. The standard InChI is InChI=1S/C16H19NO/c1-11-13(8-9-18-11)16(17-2)15-10-14(15)12-6-4-3-5-7-12/h3-9,14-17H,10H2,1-2H3. The van der Waals surface area contributed by atoms with E-state index < -0.39 is 0 Å². The third-order valence-corrected chi connectivity index (χ3v) is 4.04. The Labute approximate surface area is 108 Å². The van der Waals surface area contributed by atoms with Gasteiger partial charge in [-0.3, -0.25) is 0 Å². The van der Waals surface area contributed by atoms with Crippen LogP contribution in [0.25, 0.3) is 0 Å². The third-order valence-electron chi connectivity index (χ3n) is 4.04. The molecule has 18 heavy (non-hydrogen) atoms. The zero-order valence-electron chi connectivity index (χ0n) is 10.9. The van der Waals surface area contributed by atoms with E-state index in [1.807, 2.05) is 14.0 Å². The number of aryl methyl sites for hydroxylation is 1. The fourth-order valence-corrected chi connectivity index (χ4v) is 2.98. The zero-order valence-corrected chi connectivity index (χ0v) is 10.9. The van der Waals surface area contributed by atoms with Gasteiger partial charge in [-0.05, 0) is 43.9 Å². The lowest BCUT2D eigenvalue weighted by atomic mass is 9.99. The number of hydrogen-bond acceptors (Lipinski definition) is 2. The van der Waals surface area contributed by atoms with E-state index in [4.69, 9.17) is 4.42 Å². The Morgan fingerprint density at radius 3 is 2.61 bits per heavy atom. The van der Waals surface area contributed by atoms with Crippen molar-refractivity contribution in [2.24, 2.45) is 5.92 Å². The van der Waals surface area contributed by atoms with Crippen LogP contribution in [0.1, 0.15) is 35.3 Å². The fraction of sp³-hybridized carbons (Fsp3) is 0.375. The number of benzene rings is 1. The van der Waals surface area contributed by atoms with Gasteiger partial charge in [-0.25, -0.2) is 0 Å². The largest absolute Gasteiger partial charge is 0.469 e. The minimum absolute atomic E-state index is 0.411. The first-order valence-corrected chi connectivity index (χ1v) is 6.57. The molecule has 2 aromatic rings. The van der Waals surface area contributed by atoms with Crippen LogP contribution in [-0.4, -0.2) is 7.05 Å². The highest BCUT2D eigenvalue weighted by Crippen LogP contribution is 2.54. The molecule has 0 radical (unpaired) electrons. The molecular weight excluding hydrogens is 222 g/mol. The topological polar surface area (TPSA) is 25.2 Å². The van der Waals surface area contributed by atoms with Crippen molar-refractivity contribution in [3.05, 3.63) is 59.5 Å². The van der Waals surface area contributed by atoms with Crippen molar-refractivity contribution < 1.29 is 4.42 Å². The van der Waals surface area contributed by atoms with Crippen molar-refractivity contribution >= 4 is 0 Å². The number of nitrogens with one attached hydrogen (secondary N) is 1. The van der Waals surface area contributed by atoms with Gasteiger partial charge in [0.2, 0.25) is 0 Å². The molecule has 94 valence electrons. The lowest BCUT2D eigenvalue weighted by molar-refractivity contribution is 0.485. The summed E-state index contributed by atoms with van der Waals surface area (Å²) < 4.78 is 5.43. The Morgan fingerprint density at radius 2 is 2.00 bits per heavy atom. The lowest BCUT2D eigenvalue weighted by Crippen LogP contribution is -2.19. The molecule has 1 aromatic carbocycles. The number of hydrogen-bond donors (Lipinski definition) is 1. The van der Waals surface area contributed by atoms with E-state index in [0.717, 1.165) is 5.76 Å². The van der Waals surface area contributed by atoms with Crippen molar-refractivity contribution in [3.8, 4) is 0 Å². The first kappa shape index (κ1) is 11.5. The van der Waals surface area contributed by atoms with Crippen LogP contribution in [0.2, 0.25) is 0 Å². The Balaban J connectivity index is 1.79. The van der Waals surface area contributed by atoms with Crippen LogP contribution in [0.3, 0.4) is 0 Å². The van der Waals surface area contributed by atoms with E-state index in [0.29, 0.717) is 17.9 Å². The maximum Gasteiger partial charge on any atom is 0.105 e. The molecule has 1 aliphatic rings. The van der Waals surface area contributed by atoms with E-state index in [9.17, 15) is 0 Å². The van der Waals surface area contributed by atoms with Gasteiger partial charge in [0.1, 0.15) is 5.76 Å². The molecule has 0 saturated heterocycles. The minimum atomic E-state index is 0.411. The molecule has 2 nitrogen and oxygen atoms in total. The number of furan rings is 1. The SMILES string of the molecule is CNC(c1ccoc1C)C1CC1c1ccccc1. The molecule has 3 rings (SSSR count). The summed E-state index contributed by atoms with van der Waals surface area (Å²) in [6.45, 7) is 2.04. The Hall–Kier alpha value is -1.54. The Bertz CT molecular complexity index is 517. The average molecular weight is 241 g/mol. The average Bonchev–Trinajstić information content (AvgIpc) is 3.08. The van der Waals surface area contributed by atoms with Gasteiger partial charge in [0, 0.05) is 11.6 Å². The molecule has 1 aromatic heterocycles. The molecule has 1 aliphatic carbocycles. The highest BCUT2D eigenvalue weighted by atomic mass is 16.3. The summed E-state index contributed by atoms with van der Waals surface area (Å²) in [6.07, 6.45) is 3.05. The summed E-state index contributed by atoms with van der Waals surface area (Å²) in [7, 11) is 2.04. The molecule has 0 bridgehead atoms. The maximum absolute atomic E-state index is 5.43. The highest BCUT2D eigenvalue weighted by Gasteiger charge is 2.44. The van der Waals surface area contributed by atoms with Gasteiger partial charge < -0.3 is 9.73 Å². The van der Waals surface area contributed by atoms with E-state index >= 15 is 0 Å². The van der Waals surface area contributed by atoms with Gasteiger partial charge in [-0.2, -0.15) is 0 Å². The van der Waals surface area contributed by atoms with Crippen LogP contribution in [0.15, 0.2) is 47.1 Å². The van der Waals surface area contributed by atoms with Gasteiger partial charge in [0.25, 0.3) is 0 Å². The summed E-state index contributed by atoms with van der Waals surface area (Å²) in [5.41, 5.74) is 2.77. The zero-order chi connectivity index (χ0) is 12.5. The second-order valence-corrected chi connectivity index (χ2v) is 5.12. The Morgan fingerprint density at radius 1 is 1.22 bits per heavy atom. The summed E-state index contributed by atoms with van der Waals surface area (Å²) in [6, 6.07) is 13.3. The molecule has 1 saturated carbocycles. The smallest absolute Gasteiger partial charge is 0.105 e. The first-order valence-electron chi connectivity index (χ1n) is 6.57. The molecule has 1 heterocycles. The lowest BCUT2D eigenvalue weighted by Gasteiger charge is -2.15. The van der Waals surface area contributed by atoms with Gasteiger partial charge in [-0.1, -0.05) is 30.3 Å². The fourth-order valence-electron chi connectivity index (χ4n) is 2.98. The van der Waals surface area contributed by atoms with Crippen LogP contribution >= 0.6 is 0 Å². The van der Waals surface area contributed by atoms with E-state index in [2.05, 4.69) is 41.7 Å². The number of rotatable bonds is 4. The molecule has 3 unspecified atom stereocenters. The Kier molecular flexibility index (Phi) is 2.96. The van der Waals surface area contributed by atoms with Crippen molar-refractivity contribution in [1.29, 1.82) is 0 Å². The normalized spacial score (nSPS) is 23.9. The van der Waals surface area contributed by atoms with Crippen molar-refractivity contribution in [2.75, 3.05) is 7.05 Å². The second kappa shape index (κ2) is 4.62. The molecule has 0 amide bonds. The highest BCUT2D eigenvalue weighted by molar-refractivity contribution is 5.31. The van der Waals surface area contributed by atoms with Crippen LogP contribution in [0.4, 0.5) is 0 Å². The monoisotopic (exact) mass is 241 g/mol. The first-order chi connectivity index (χ1) is 8.81. The predicted octanol–water partition coefficient (Wildman–Crippen LogP) is 3.65. The van der Waals surface area contributed by atoms with E-state index in [1.54, 1.807) is 6.26 Å². The van der Waals surface area contributed by atoms with Gasteiger partial charge in [0.05, 0.1) is 6.26 Å². The molecule has 1 fully saturated rings. The molecular formula is C16H19NO. The molecule has 3 atom stereocenters. The minimum Gasteiger partial charge on any atom is -0.469 e. The summed E-state index contributed by atoms with van der Waals surface area (Å²) in [5.74, 6) is 2.42. The van der Waals surface area contributed by atoms with E-state index in [-0.39, 0.29) is 0 Å².